The lowest BCUT2D eigenvalue weighted by atomic mass is 9.87. The fourth-order valence-corrected chi connectivity index (χ4v) is 4.87. The summed E-state index contributed by atoms with van der Waals surface area (Å²) < 4.78 is 47.3. The fourth-order valence-electron chi connectivity index (χ4n) is 3.86. The van der Waals surface area contributed by atoms with Gasteiger partial charge in [-0.3, -0.25) is 9.52 Å². The Morgan fingerprint density at radius 3 is 2.21 bits per heavy atom. The van der Waals surface area contributed by atoms with E-state index in [0.29, 0.717) is 12.3 Å². The Bertz CT molecular complexity index is 1660. The third kappa shape index (κ3) is 7.95. The summed E-state index contributed by atoms with van der Waals surface area (Å²) >= 11 is 0. The molecular weight excluding hydrogens is 572 g/mol. The number of nitrogens with zero attached hydrogens (tertiary/aromatic N) is 4. The van der Waals surface area contributed by atoms with E-state index in [9.17, 15) is 13.2 Å². The highest BCUT2D eigenvalue weighted by atomic mass is 32.2. The van der Waals surface area contributed by atoms with Gasteiger partial charge in [-0.15, -0.1) is 0 Å². The van der Waals surface area contributed by atoms with Crippen LogP contribution in [-0.4, -0.2) is 54.5 Å². The van der Waals surface area contributed by atoms with Crippen LogP contribution >= 0.6 is 0 Å². The Kier molecular flexibility index (Phi) is 9.76. The van der Waals surface area contributed by atoms with Crippen molar-refractivity contribution < 1.29 is 27.4 Å². The molecule has 2 N–H and O–H groups in total. The van der Waals surface area contributed by atoms with Crippen LogP contribution in [0.2, 0.25) is 0 Å². The number of aromatic nitrogens is 4. The Labute approximate surface area is 250 Å². The van der Waals surface area contributed by atoms with Gasteiger partial charge >= 0.3 is 0 Å². The van der Waals surface area contributed by atoms with E-state index >= 15 is 0 Å². The molecule has 2 aromatic heterocycles. The van der Waals surface area contributed by atoms with Crippen molar-refractivity contribution in [3.8, 4) is 34.8 Å². The van der Waals surface area contributed by atoms with Crippen molar-refractivity contribution in [2.75, 3.05) is 25.0 Å². The summed E-state index contributed by atoms with van der Waals surface area (Å²) in [4.78, 5) is 29.4. The first-order valence-electron chi connectivity index (χ1n) is 13.5. The number of amides is 1. The molecule has 43 heavy (non-hydrogen) atoms. The number of carbonyl (C=O) groups excluding carboxylic acids is 1. The number of para-hydroxylation sites is 2. The van der Waals surface area contributed by atoms with Crippen LogP contribution in [-0.2, 0) is 20.2 Å². The van der Waals surface area contributed by atoms with Gasteiger partial charge in [-0.2, -0.15) is 4.98 Å². The fraction of sp³-hybridized carbons (Fsp3) is 0.300. The Morgan fingerprint density at radius 2 is 1.58 bits per heavy atom. The summed E-state index contributed by atoms with van der Waals surface area (Å²) in [6, 6.07) is 15.0. The zero-order valence-corrected chi connectivity index (χ0v) is 25.4. The largest absolute Gasteiger partial charge is 0.493 e. The molecule has 0 aliphatic rings. The number of benzene rings is 2. The maximum atomic E-state index is 13.6. The average molecular weight is 607 g/mol. The minimum atomic E-state index is -4.18. The zero-order valence-electron chi connectivity index (χ0n) is 24.6. The molecular formula is C30H34N6O6S. The lowest BCUT2D eigenvalue weighted by Crippen LogP contribution is -2.24. The van der Waals surface area contributed by atoms with Crippen LogP contribution in [0.15, 0.2) is 71.9 Å². The molecule has 0 aliphatic carbocycles. The highest BCUT2D eigenvalue weighted by Gasteiger charge is 2.26. The second-order valence-corrected chi connectivity index (χ2v) is 12.0. The van der Waals surface area contributed by atoms with Gasteiger partial charge in [0.2, 0.25) is 17.5 Å². The summed E-state index contributed by atoms with van der Waals surface area (Å²) in [6.07, 6.45) is 3.02. The molecule has 0 spiro atoms. The van der Waals surface area contributed by atoms with Gasteiger partial charge in [-0.05, 0) is 48.2 Å². The van der Waals surface area contributed by atoms with Crippen molar-refractivity contribution in [3.63, 3.8) is 0 Å². The molecule has 4 rings (SSSR count). The highest BCUT2D eigenvalue weighted by Crippen LogP contribution is 2.41. The number of sulfonamides is 1. The van der Waals surface area contributed by atoms with Crippen molar-refractivity contribution in [2.24, 2.45) is 0 Å². The van der Waals surface area contributed by atoms with Gasteiger partial charge in [0.15, 0.2) is 23.1 Å². The number of rotatable bonds is 12. The smallest absolute Gasteiger partial charge is 0.263 e. The van der Waals surface area contributed by atoms with Gasteiger partial charge in [0.25, 0.3) is 15.9 Å². The van der Waals surface area contributed by atoms with E-state index in [-0.39, 0.29) is 64.1 Å². The molecule has 0 bridgehead atoms. The standard InChI is InChI=1S/C30H34N6O6S/c1-6-31-24(37)16-19-41-29-25(42-23-11-8-7-10-22(23)40-5)26(34-28(35-29)27-32-17-9-18-33-27)36-43(38,39)21-14-12-20(13-15-21)30(2,3)4/h7-15,17-18H,6,16,19H2,1-5H3,(H,31,37)(H,34,35,36). The predicted molar refractivity (Wildman–Crippen MR) is 161 cm³/mol. The average Bonchev–Trinajstić information content (AvgIpc) is 2.98. The van der Waals surface area contributed by atoms with E-state index in [1.807, 2.05) is 27.7 Å². The van der Waals surface area contributed by atoms with Crippen molar-refractivity contribution in [1.29, 1.82) is 0 Å². The van der Waals surface area contributed by atoms with Gasteiger partial charge in [0, 0.05) is 18.9 Å². The number of carbonyl (C=O) groups is 1. The maximum absolute atomic E-state index is 13.6. The first-order valence-corrected chi connectivity index (χ1v) is 15.0. The Hall–Kier alpha value is -4.78. The monoisotopic (exact) mass is 606 g/mol. The topological polar surface area (TPSA) is 155 Å². The summed E-state index contributed by atoms with van der Waals surface area (Å²) in [5, 5.41) is 2.70. The van der Waals surface area contributed by atoms with Crippen LogP contribution in [0.5, 0.6) is 23.1 Å². The van der Waals surface area contributed by atoms with Crippen LogP contribution in [0.25, 0.3) is 11.6 Å². The van der Waals surface area contributed by atoms with Gasteiger partial charge in [-0.1, -0.05) is 45.0 Å². The van der Waals surface area contributed by atoms with Crippen LogP contribution in [0.4, 0.5) is 5.82 Å². The molecule has 2 aromatic carbocycles. The molecule has 226 valence electrons. The van der Waals surface area contributed by atoms with Crippen molar-refractivity contribution in [1.82, 2.24) is 25.3 Å². The molecule has 0 radical (unpaired) electrons. The van der Waals surface area contributed by atoms with E-state index in [1.165, 1.54) is 31.6 Å². The lowest BCUT2D eigenvalue weighted by molar-refractivity contribution is -0.121. The van der Waals surface area contributed by atoms with Crippen molar-refractivity contribution in [2.45, 2.75) is 44.4 Å². The van der Waals surface area contributed by atoms with Gasteiger partial charge in [0.05, 0.1) is 25.0 Å². The quantitative estimate of drug-likeness (QED) is 0.231. The molecule has 0 atom stereocenters. The summed E-state index contributed by atoms with van der Waals surface area (Å²) in [5.41, 5.74) is 0.809. The number of anilines is 1. The third-order valence-corrected chi connectivity index (χ3v) is 7.44. The molecule has 0 fully saturated rings. The number of methoxy groups -OCH3 is 1. The normalized spacial score (nSPS) is 11.5. The lowest BCUT2D eigenvalue weighted by Gasteiger charge is -2.20. The first-order chi connectivity index (χ1) is 20.5. The van der Waals surface area contributed by atoms with E-state index in [0.717, 1.165) is 5.56 Å². The second kappa shape index (κ2) is 13.5. The second-order valence-electron chi connectivity index (χ2n) is 10.3. The van der Waals surface area contributed by atoms with E-state index in [1.54, 1.807) is 42.5 Å². The number of hydrogen-bond acceptors (Lipinski definition) is 10. The van der Waals surface area contributed by atoms with Crippen LogP contribution in [0.1, 0.15) is 39.7 Å². The number of ether oxygens (including phenoxy) is 3. The number of hydrogen-bond donors (Lipinski definition) is 2. The predicted octanol–water partition coefficient (Wildman–Crippen LogP) is 4.74. The van der Waals surface area contributed by atoms with Gasteiger partial charge in [0.1, 0.15) is 0 Å². The summed E-state index contributed by atoms with van der Waals surface area (Å²) in [5.74, 6) is -0.00924. The Balaban J connectivity index is 1.83. The van der Waals surface area contributed by atoms with Crippen molar-refractivity contribution in [3.05, 3.63) is 72.6 Å². The van der Waals surface area contributed by atoms with Crippen LogP contribution < -0.4 is 24.2 Å². The molecule has 12 nitrogen and oxygen atoms in total. The molecule has 0 saturated carbocycles. The third-order valence-electron chi connectivity index (χ3n) is 6.08. The van der Waals surface area contributed by atoms with Crippen molar-refractivity contribution >= 4 is 21.7 Å². The first kappa shape index (κ1) is 31.2. The number of nitrogens with one attached hydrogen (secondary N) is 2. The van der Waals surface area contributed by atoms with E-state index < -0.39 is 10.0 Å². The minimum Gasteiger partial charge on any atom is -0.493 e. The van der Waals surface area contributed by atoms with Crippen LogP contribution in [0.3, 0.4) is 0 Å². The van der Waals surface area contributed by atoms with E-state index in [4.69, 9.17) is 14.2 Å². The molecule has 13 heteroatoms. The van der Waals surface area contributed by atoms with E-state index in [2.05, 4.69) is 30.0 Å². The molecule has 0 unspecified atom stereocenters. The van der Waals surface area contributed by atoms with Gasteiger partial charge in [-0.25, -0.2) is 23.4 Å². The maximum Gasteiger partial charge on any atom is 0.263 e. The molecule has 0 aliphatic heterocycles. The van der Waals surface area contributed by atoms with Crippen LogP contribution in [0, 0.1) is 0 Å². The van der Waals surface area contributed by atoms with Gasteiger partial charge < -0.3 is 19.5 Å². The Morgan fingerprint density at radius 1 is 0.907 bits per heavy atom. The highest BCUT2D eigenvalue weighted by molar-refractivity contribution is 7.92. The molecule has 4 aromatic rings. The summed E-state index contributed by atoms with van der Waals surface area (Å²) in [6.45, 7) is 8.31. The minimum absolute atomic E-state index is 0.0126. The zero-order chi connectivity index (χ0) is 31.0. The summed E-state index contributed by atoms with van der Waals surface area (Å²) in [7, 11) is -2.70. The molecule has 0 saturated heterocycles. The molecule has 1 amide bonds. The SMILES string of the molecule is CCNC(=O)CCOc1nc(-c2ncccn2)nc(NS(=O)(=O)c2ccc(C(C)(C)C)cc2)c1Oc1ccccc1OC. The molecule has 2 heterocycles.